The molecule has 2 aliphatic rings. The average Bonchev–Trinajstić information content (AvgIpc) is 3.19. The largest absolute Gasteiger partial charge is 0.378 e. The second kappa shape index (κ2) is 8.90. The maximum absolute atomic E-state index is 5.74. The van der Waals surface area contributed by atoms with Crippen molar-refractivity contribution >= 4 is 11.6 Å². The fourth-order valence-electron chi connectivity index (χ4n) is 3.54. The van der Waals surface area contributed by atoms with Crippen LogP contribution < -0.4 is 10.2 Å². The molecule has 1 saturated heterocycles. The Labute approximate surface area is 151 Å². The van der Waals surface area contributed by atoms with E-state index in [4.69, 9.17) is 4.74 Å². The Morgan fingerprint density at radius 1 is 1.24 bits per heavy atom. The number of anilines is 1. The van der Waals surface area contributed by atoms with Gasteiger partial charge in [0.2, 0.25) is 0 Å². The zero-order valence-corrected chi connectivity index (χ0v) is 15.4. The molecule has 136 valence electrons. The van der Waals surface area contributed by atoms with Gasteiger partial charge in [-0.15, -0.1) is 0 Å². The van der Waals surface area contributed by atoms with Crippen molar-refractivity contribution in [3.63, 3.8) is 0 Å². The van der Waals surface area contributed by atoms with E-state index in [1.165, 1.54) is 11.3 Å². The molecular formula is C20H30N4O. The third-order valence-electron chi connectivity index (χ3n) is 4.90. The number of rotatable bonds is 5. The molecule has 0 spiro atoms. The summed E-state index contributed by atoms with van der Waals surface area (Å²) in [5.41, 5.74) is 2.58. The molecule has 5 nitrogen and oxygen atoms in total. The predicted octanol–water partition coefficient (Wildman–Crippen LogP) is 2.64. The van der Waals surface area contributed by atoms with Gasteiger partial charge in [0.1, 0.15) is 0 Å². The Kier molecular flexibility index (Phi) is 6.34. The van der Waals surface area contributed by atoms with Gasteiger partial charge in [-0.25, -0.2) is 0 Å². The summed E-state index contributed by atoms with van der Waals surface area (Å²) in [5, 5.41) is 3.52. The van der Waals surface area contributed by atoms with Crippen LogP contribution in [0.4, 0.5) is 5.69 Å². The number of piperidine rings is 1. The van der Waals surface area contributed by atoms with E-state index in [1.54, 1.807) is 0 Å². The molecule has 0 amide bonds. The Morgan fingerprint density at radius 2 is 2.00 bits per heavy atom. The molecule has 0 unspecified atom stereocenters. The van der Waals surface area contributed by atoms with Gasteiger partial charge in [0.25, 0.3) is 0 Å². The minimum absolute atomic E-state index is 0.408. The van der Waals surface area contributed by atoms with Crippen LogP contribution in [-0.2, 0) is 11.3 Å². The second-order valence-corrected chi connectivity index (χ2v) is 6.59. The lowest BCUT2D eigenvalue weighted by Gasteiger charge is -2.34. The summed E-state index contributed by atoms with van der Waals surface area (Å²) in [6.45, 7) is 7.70. The lowest BCUT2D eigenvalue weighted by atomic mass is 10.1. The van der Waals surface area contributed by atoms with Crippen LogP contribution in [0.1, 0.15) is 25.3 Å². The number of likely N-dealkylation sites (tertiary alicyclic amines) is 1. The van der Waals surface area contributed by atoms with Gasteiger partial charge in [-0.3, -0.25) is 4.99 Å². The summed E-state index contributed by atoms with van der Waals surface area (Å²) in [4.78, 5) is 9.18. The van der Waals surface area contributed by atoms with Crippen LogP contribution in [0, 0.1) is 0 Å². The summed E-state index contributed by atoms with van der Waals surface area (Å²) in [6.07, 6.45) is 7.00. The number of nitrogens with one attached hydrogen (secondary N) is 1. The number of hydrogen-bond donors (Lipinski definition) is 1. The van der Waals surface area contributed by atoms with Gasteiger partial charge < -0.3 is 19.9 Å². The topological polar surface area (TPSA) is 40.1 Å². The number of hydrogen-bond acceptors (Lipinski definition) is 3. The van der Waals surface area contributed by atoms with Crippen molar-refractivity contribution in [2.75, 3.05) is 44.7 Å². The van der Waals surface area contributed by atoms with E-state index >= 15 is 0 Å². The monoisotopic (exact) mass is 342 g/mol. The molecule has 0 atom stereocenters. The minimum Gasteiger partial charge on any atom is -0.378 e. The highest BCUT2D eigenvalue weighted by atomic mass is 16.5. The first kappa shape index (κ1) is 17.8. The summed E-state index contributed by atoms with van der Waals surface area (Å²) < 4.78 is 5.74. The van der Waals surface area contributed by atoms with Gasteiger partial charge in [0, 0.05) is 52.1 Å². The maximum Gasteiger partial charge on any atom is 0.193 e. The number of aliphatic imine (C=N–C) groups is 1. The molecule has 0 saturated carbocycles. The molecule has 1 aromatic rings. The molecule has 0 aliphatic carbocycles. The molecule has 2 heterocycles. The van der Waals surface area contributed by atoms with Crippen LogP contribution in [0.25, 0.3) is 0 Å². The van der Waals surface area contributed by atoms with Crippen molar-refractivity contribution in [3.05, 3.63) is 42.0 Å². The molecule has 0 bridgehead atoms. The van der Waals surface area contributed by atoms with E-state index in [1.807, 2.05) is 7.05 Å². The normalized spacial score (nSPS) is 18.9. The van der Waals surface area contributed by atoms with Crippen LogP contribution in [0.2, 0.25) is 0 Å². The molecular weight excluding hydrogens is 312 g/mol. The van der Waals surface area contributed by atoms with Gasteiger partial charge in [0.05, 0.1) is 6.10 Å². The first-order valence-corrected chi connectivity index (χ1v) is 9.36. The fraction of sp³-hybridized carbons (Fsp3) is 0.550. The lowest BCUT2D eigenvalue weighted by Crippen LogP contribution is -2.46. The number of benzene rings is 1. The molecule has 5 heteroatoms. The fourth-order valence-corrected chi connectivity index (χ4v) is 3.54. The third-order valence-corrected chi connectivity index (χ3v) is 4.90. The molecule has 25 heavy (non-hydrogen) atoms. The quantitative estimate of drug-likeness (QED) is 0.507. The van der Waals surface area contributed by atoms with Crippen molar-refractivity contribution in [2.45, 2.75) is 32.4 Å². The number of nitrogens with zero attached hydrogens (tertiary/aromatic N) is 3. The number of ether oxygens (including phenoxy) is 1. The van der Waals surface area contributed by atoms with Crippen molar-refractivity contribution in [1.82, 2.24) is 10.2 Å². The molecule has 1 N–H and O–H groups in total. The van der Waals surface area contributed by atoms with E-state index in [0.717, 1.165) is 58.1 Å². The molecule has 1 aromatic carbocycles. The Balaban J connectivity index is 1.52. The zero-order chi connectivity index (χ0) is 17.5. The molecule has 3 rings (SSSR count). The van der Waals surface area contributed by atoms with Crippen molar-refractivity contribution in [3.8, 4) is 0 Å². The SMILES string of the molecule is CCOC1CCN(C(=NC)NCc2cccc(N3CC=CC3)c2)CC1. The summed E-state index contributed by atoms with van der Waals surface area (Å²) in [7, 11) is 1.86. The van der Waals surface area contributed by atoms with Crippen LogP contribution in [-0.4, -0.2) is 56.8 Å². The average molecular weight is 342 g/mol. The van der Waals surface area contributed by atoms with Gasteiger partial charge in [-0.05, 0) is 37.5 Å². The van der Waals surface area contributed by atoms with Gasteiger partial charge in [-0.1, -0.05) is 24.3 Å². The minimum atomic E-state index is 0.408. The lowest BCUT2D eigenvalue weighted by molar-refractivity contribution is 0.0263. The van der Waals surface area contributed by atoms with E-state index in [-0.39, 0.29) is 0 Å². The number of guanidine groups is 1. The first-order chi connectivity index (χ1) is 12.3. The molecule has 1 fully saturated rings. The smallest absolute Gasteiger partial charge is 0.193 e. The molecule has 0 radical (unpaired) electrons. The van der Waals surface area contributed by atoms with Gasteiger partial charge in [-0.2, -0.15) is 0 Å². The summed E-state index contributed by atoms with van der Waals surface area (Å²) in [6, 6.07) is 8.77. The second-order valence-electron chi connectivity index (χ2n) is 6.59. The highest BCUT2D eigenvalue weighted by molar-refractivity contribution is 5.80. The summed E-state index contributed by atoms with van der Waals surface area (Å²) >= 11 is 0. The Hall–Kier alpha value is -2.01. The van der Waals surface area contributed by atoms with E-state index in [2.05, 4.69) is 63.5 Å². The highest BCUT2D eigenvalue weighted by Crippen LogP contribution is 2.19. The first-order valence-electron chi connectivity index (χ1n) is 9.36. The van der Waals surface area contributed by atoms with Crippen LogP contribution in [0.5, 0.6) is 0 Å². The predicted molar refractivity (Wildman–Crippen MR) is 104 cm³/mol. The standard InChI is InChI=1S/C20H30N4O/c1-3-25-19-9-13-24(14-10-19)20(21-2)22-16-17-7-6-8-18(15-17)23-11-4-5-12-23/h4-8,15,19H,3,9-14,16H2,1-2H3,(H,21,22). The van der Waals surface area contributed by atoms with E-state index in [9.17, 15) is 0 Å². The highest BCUT2D eigenvalue weighted by Gasteiger charge is 2.21. The van der Waals surface area contributed by atoms with E-state index < -0.39 is 0 Å². The zero-order valence-electron chi connectivity index (χ0n) is 15.4. The van der Waals surface area contributed by atoms with Crippen LogP contribution >= 0.6 is 0 Å². The Morgan fingerprint density at radius 3 is 2.68 bits per heavy atom. The van der Waals surface area contributed by atoms with Crippen molar-refractivity contribution in [2.24, 2.45) is 4.99 Å². The Bertz CT molecular complexity index is 597. The van der Waals surface area contributed by atoms with Gasteiger partial charge in [0.15, 0.2) is 5.96 Å². The van der Waals surface area contributed by atoms with Gasteiger partial charge >= 0.3 is 0 Å². The van der Waals surface area contributed by atoms with Crippen LogP contribution in [0.15, 0.2) is 41.4 Å². The maximum atomic E-state index is 5.74. The van der Waals surface area contributed by atoms with E-state index in [0.29, 0.717) is 6.10 Å². The molecule has 0 aromatic heterocycles. The molecule has 2 aliphatic heterocycles. The summed E-state index contributed by atoms with van der Waals surface area (Å²) in [5.74, 6) is 0.989. The third kappa shape index (κ3) is 4.75. The van der Waals surface area contributed by atoms with Crippen molar-refractivity contribution in [1.29, 1.82) is 0 Å². The van der Waals surface area contributed by atoms with Crippen LogP contribution in [0.3, 0.4) is 0 Å². The van der Waals surface area contributed by atoms with Crippen molar-refractivity contribution < 1.29 is 4.74 Å².